The Morgan fingerprint density at radius 2 is 0.894 bits per heavy atom. The second-order valence-electron chi connectivity index (χ2n) is 10.2. The molecule has 3 aromatic heterocycles. The van der Waals surface area contributed by atoms with E-state index in [1.807, 2.05) is 91.0 Å². The third-order valence-electron chi connectivity index (χ3n) is 7.48. The molecule has 0 amide bonds. The molecule has 12 nitrogen and oxygen atoms in total. The number of carboxylic acids is 2. The predicted molar refractivity (Wildman–Crippen MR) is 175 cm³/mol. The Balaban J connectivity index is 0.000000401. The first-order valence-corrected chi connectivity index (χ1v) is 16.9. The molecule has 1 fully saturated rings. The molecule has 1 saturated carbocycles. The van der Waals surface area contributed by atoms with Gasteiger partial charge in [0, 0.05) is 0 Å². The number of pyridine rings is 3. The number of fused-ring (bicyclic) bond motifs is 3. The topological polar surface area (TPSA) is 208 Å². The van der Waals surface area contributed by atoms with Crippen LogP contribution in [0.1, 0.15) is 19.3 Å². The maximum absolute atomic E-state index is 10.4. The van der Waals surface area contributed by atoms with E-state index in [1.54, 1.807) is 18.6 Å². The van der Waals surface area contributed by atoms with Crippen molar-refractivity contribution >= 4 is 62.0 Å². The Labute approximate surface area is 290 Å². The summed E-state index contributed by atoms with van der Waals surface area (Å²) in [6.07, 6.45) is 6.51. The minimum absolute atomic E-state index is 0. The van der Waals surface area contributed by atoms with E-state index < -0.39 is 34.7 Å². The van der Waals surface area contributed by atoms with E-state index in [2.05, 4.69) is 15.0 Å². The van der Waals surface area contributed by atoms with Gasteiger partial charge in [0.05, 0.1) is 0 Å². The summed E-state index contributed by atoms with van der Waals surface area (Å²) in [5.41, 5.74) is 0.847. The summed E-state index contributed by atoms with van der Waals surface area (Å²) in [6.45, 7) is 0. The Hall–Kier alpha value is -4.53. The van der Waals surface area contributed by atoms with Crippen LogP contribution in [0.2, 0.25) is 0 Å². The number of benzene rings is 3. The summed E-state index contributed by atoms with van der Waals surface area (Å²) >= 11 is -3.46. The zero-order valence-electron chi connectivity index (χ0n) is 24.8. The third-order valence-corrected chi connectivity index (χ3v) is 10.3. The number of rotatable bonds is 8. The van der Waals surface area contributed by atoms with Gasteiger partial charge in [0.2, 0.25) is 0 Å². The fourth-order valence-corrected chi connectivity index (χ4v) is 7.75. The fourth-order valence-electron chi connectivity index (χ4n) is 4.95. The maximum atomic E-state index is 10.4. The molecule has 47 heavy (non-hydrogen) atoms. The van der Waals surface area contributed by atoms with Gasteiger partial charge in [-0.1, -0.05) is 0 Å². The molecule has 1 aliphatic carbocycles. The molecular weight excluding hydrogens is 843 g/mol. The average molecular weight is 873 g/mol. The number of hydrogen-bond donors (Lipinski definition) is 2. The summed E-state index contributed by atoms with van der Waals surface area (Å²) in [4.78, 5) is 34.3. The molecular formula is C33H30GaN5O7Pt. The monoisotopic (exact) mass is 872 g/mol. The van der Waals surface area contributed by atoms with E-state index in [0.717, 1.165) is 32.7 Å². The molecule has 1 aliphatic rings. The SMILES string of the molecule is O=C(O)C1(C(=O)O)CCC1.[NH2-].[NH2-].[Pt+2].c1cnc2c([O][Ga]([O]c3cccc4cccnc34)[O]c3cccc4cccnc34)cccc2c1. The normalized spacial score (nSPS) is 12.4. The van der Waals surface area contributed by atoms with Crippen LogP contribution in [0.15, 0.2) is 110 Å². The molecule has 0 atom stereocenters. The molecule has 242 valence electrons. The van der Waals surface area contributed by atoms with Crippen LogP contribution < -0.4 is 10.6 Å². The van der Waals surface area contributed by atoms with Crippen LogP contribution in [0.3, 0.4) is 0 Å². The number of carbonyl (C=O) groups is 2. The number of aromatic nitrogens is 3. The summed E-state index contributed by atoms with van der Waals surface area (Å²) in [5, 5.41) is 19.9. The van der Waals surface area contributed by atoms with E-state index in [-0.39, 0.29) is 46.2 Å². The van der Waals surface area contributed by atoms with Crippen molar-refractivity contribution in [3.63, 3.8) is 0 Å². The van der Waals surface area contributed by atoms with E-state index in [1.165, 1.54) is 0 Å². The van der Waals surface area contributed by atoms with Gasteiger partial charge < -0.3 is 22.5 Å². The van der Waals surface area contributed by atoms with Gasteiger partial charge in [-0.3, -0.25) is 9.59 Å². The van der Waals surface area contributed by atoms with Crippen molar-refractivity contribution in [1.82, 2.24) is 15.0 Å². The number of nitrogens with zero attached hydrogens (tertiary/aromatic N) is 3. The molecule has 6 aromatic rings. The van der Waals surface area contributed by atoms with Crippen molar-refractivity contribution in [1.29, 1.82) is 0 Å². The van der Waals surface area contributed by atoms with Gasteiger partial charge in [0.25, 0.3) is 0 Å². The van der Waals surface area contributed by atoms with Crippen LogP contribution in [0.4, 0.5) is 0 Å². The molecule has 0 unspecified atom stereocenters. The van der Waals surface area contributed by atoms with Crippen molar-refractivity contribution in [2.24, 2.45) is 5.41 Å². The Kier molecular flexibility index (Phi) is 12.8. The first-order valence-electron chi connectivity index (χ1n) is 13.9. The fraction of sp³-hybridized carbons (Fsp3) is 0.121. The minimum atomic E-state index is -3.46. The van der Waals surface area contributed by atoms with Crippen molar-refractivity contribution in [3.05, 3.63) is 122 Å². The van der Waals surface area contributed by atoms with Gasteiger partial charge in [0.1, 0.15) is 0 Å². The Morgan fingerprint density at radius 3 is 1.15 bits per heavy atom. The molecule has 3 aromatic carbocycles. The standard InChI is InChI=1S/3C9H7NO.C6H8O4.Ga.2H2N.Pt/c3*11-8-5-1-3-7-4-2-6-10-9(7)8;7-4(8)6(5(9)10)2-1-3-6;;;;/h3*1-6,11H;1-3H2,(H,7,8)(H,9,10);;2*1H2;/q;;;;+3;2*-1;+2/p-3. The summed E-state index contributed by atoms with van der Waals surface area (Å²) in [5.74, 6) is -0.518. The van der Waals surface area contributed by atoms with E-state index in [0.29, 0.717) is 23.7 Å². The van der Waals surface area contributed by atoms with Crippen LogP contribution in [0.5, 0.6) is 17.2 Å². The van der Waals surface area contributed by atoms with Gasteiger partial charge in [-0.15, -0.1) is 0 Å². The molecule has 14 heteroatoms. The number of carboxylic acid groups (broad SMARTS) is 2. The second-order valence-corrected chi connectivity index (χ2v) is 12.9. The summed E-state index contributed by atoms with van der Waals surface area (Å²) < 4.78 is 19.4. The van der Waals surface area contributed by atoms with Crippen molar-refractivity contribution < 1.29 is 51.5 Å². The van der Waals surface area contributed by atoms with Crippen LogP contribution in [0.25, 0.3) is 45.0 Å². The van der Waals surface area contributed by atoms with Gasteiger partial charge in [0.15, 0.2) is 5.41 Å². The number of hydrogen-bond acceptors (Lipinski definition) is 8. The van der Waals surface area contributed by atoms with Crippen molar-refractivity contribution in [3.8, 4) is 17.2 Å². The van der Waals surface area contributed by atoms with E-state index in [4.69, 9.17) is 20.8 Å². The average Bonchev–Trinajstić information content (AvgIpc) is 3.01. The van der Waals surface area contributed by atoms with Crippen molar-refractivity contribution in [2.75, 3.05) is 0 Å². The van der Waals surface area contributed by atoms with Gasteiger partial charge in [-0.05, 0) is 19.3 Å². The predicted octanol–water partition coefficient (Wildman–Crippen LogP) is 7.61. The number of para-hydroxylation sites is 3. The first kappa shape index (κ1) is 36.9. The molecule has 7 rings (SSSR count). The molecule has 3 heterocycles. The quantitative estimate of drug-likeness (QED) is 0.113. The molecule has 0 spiro atoms. The zero-order valence-corrected chi connectivity index (χ0v) is 29.5. The van der Waals surface area contributed by atoms with Gasteiger partial charge >= 0.3 is 235 Å². The second kappa shape index (κ2) is 16.3. The number of nitrogens with two attached hydrogens (primary N) is 2. The molecule has 6 N–H and O–H groups in total. The van der Waals surface area contributed by atoms with Crippen LogP contribution >= 0.6 is 0 Å². The van der Waals surface area contributed by atoms with Crippen LogP contribution in [-0.4, -0.2) is 54.4 Å². The van der Waals surface area contributed by atoms with E-state index in [9.17, 15) is 9.59 Å². The Bertz CT molecular complexity index is 1770. The van der Waals surface area contributed by atoms with E-state index >= 15 is 0 Å². The van der Waals surface area contributed by atoms with Crippen LogP contribution in [-0.2, 0) is 30.7 Å². The van der Waals surface area contributed by atoms with Gasteiger partial charge in [-0.2, -0.15) is 0 Å². The molecule has 0 bridgehead atoms. The van der Waals surface area contributed by atoms with Crippen molar-refractivity contribution in [2.45, 2.75) is 19.3 Å². The molecule has 0 aliphatic heterocycles. The zero-order chi connectivity index (χ0) is 30.5. The van der Waals surface area contributed by atoms with Gasteiger partial charge in [-0.25, -0.2) is 0 Å². The summed E-state index contributed by atoms with van der Waals surface area (Å²) in [7, 11) is 0. The Morgan fingerprint density at radius 1 is 0.574 bits per heavy atom. The number of aliphatic carboxylic acids is 2. The summed E-state index contributed by atoms with van der Waals surface area (Å²) in [6, 6.07) is 29.2. The molecule has 0 radical (unpaired) electrons. The molecule has 0 saturated heterocycles. The first-order chi connectivity index (χ1) is 21.4. The van der Waals surface area contributed by atoms with Crippen LogP contribution in [0, 0.1) is 5.41 Å². The third kappa shape index (κ3) is 7.90.